The van der Waals surface area contributed by atoms with Crippen molar-refractivity contribution in [3.8, 4) is 17.1 Å². The minimum absolute atomic E-state index is 0.305. The number of methoxy groups -OCH3 is 1. The molecule has 0 aliphatic carbocycles. The predicted molar refractivity (Wildman–Crippen MR) is 93.1 cm³/mol. The van der Waals surface area contributed by atoms with Crippen molar-refractivity contribution in [3.05, 3.63) is 58.9 Å². The minimum Gasteiger partial charge on any atom is -0.497 e. The van der Waals surface area contributed by atoms with Gasteiger partial charge < -0.3 is 10.6 Å². The molecular formula is C16H14ClFN4OS. The van der Waals surface area contributed by atoms with Gasteiger partial charge in [0.15, 0.2) is 5.82 Å². The third kappa shape index (κ3) is 3.32. The zero-order valence-corrected chi connectivity index (χ0v) is 14.3. The molecule has 0 aliphatic heterocycles. The van der Waals surface area contributed by atoms with Gasteiger partial charge in [0, 0.05) is 21.9 Å². The lowest BCUT2D eigenvalue weighted by atomic mass is 10.2. The Balaban J connectivity index is 1.82. The summed E-state index contributed by atoms with van der Waals surface area (Å²) in [6.45, 7) is 0. The summed E-state index contributed by atoms with van der Waals surface area (Å²) in [5, 5.41) is 9.01. The lowest BCUT2D eigenvalue weighted by Gasteiger charge is -2.07. The number of benzene rings is 2. The topological polar surface area (TPSA) is 66.0 Å². The van der Waals surface area contributed by atoms with Gasteiger partial charge in [0.2, 0.25) is 5.16 Å². The molecule has 0 saturated heterocycles. The summed E-state index contributed by atoms with van der Waals surface area (Å²) in [4.78, 5) is 0. The Labute approximate surface area is 147 Å². The number of nitrogens with zero attached hydrogens (tertiary/aromatic N) is 3. The molecule has 0 spiro atoms. The zero-order chi connectivity index (χ0) is 17.1. The average molecular weight is 365 g/mol. The number of hydrogen-bond acceptors (Lipinski definition) is 5. The fourth-order valence-corrected chi connectivity index (χ4v) is 3.34. The molecular weight excluding hydrogens is 351 g/mol. The van der Waals surface area contributed by atoms with Crippen molar-refractivity contribution in [2.75, 3.05) is 13.0 Å². The summed E-state index contributed by atoms with van der Waals surface area (Å²) in [7, 11) is 1.59. The first-order valence-electron chi connectivity index (χ1n) is 7.00. The molecule has 2 aromatic carbocycles. The monoisotopic (exact) mass is 364 g/mol. The highest BCUT2D eigenvalue weighted by Gasteiger charge is 2.15. The van der Waals surface area contributed by atoms with Crippen LogP contribution in [0.4, 0.5) is 4.39 Å². The maximum atomic E-state index is 13.8. The van der Waals surface area contributed by atoms with Crippen LogP contribution in [-0.2, 0) is 5.75 Å². The Morgan fingerprint density at radius 3 is 2.79 bits per heavy atom. The summed E-state index contributed by atoms with van der Waals surface area (Å²) >= 11 is 7.29. The molecule has 0 amide bonds. The third-order valence-electron chi connectivity index (χ3n) is 3.40. The van der Waals surface area contributed by atoms with Crippen LogP contribution >= 0.6 is 23.4 Å². The smallest absolute Gasteiger partial charge is 0.210 e. The van der Waals surface area contributed by atoms with E-state index in [1.165, 1.54) is 22.5 Å². The molecule has 0 unspecified atom stereocenters. The van der Waals surface area contributed by atoms with Crippen molar-refractivity contribution >= 4 is 23.4 Å². The van der Waals surface area contributed by atoms with Gasteiger partial charge in [-0.15, -0.1) is 10.2 Å². The Morgan fingerprint density at radius 1 is 1.25 bits per heavy atom. The molecule has 5 nitrogen and oxygen atoms in total. The van der Waals surface area contributed by atoms with Crippen LogP contribution in [-0.4, -0.2) is 22.0 Å². The number of aromatic nitrogens is 3. The highest BCUT2D eigenvalue weighted by molar-refractivity contribution is 7.98. The SMILES string of the molecule is COc1cccc(-c2nnc(SCc3c(F)cccc3Cl)n2N)c1. The van der Waals surface area contributed by atoms with Crippen LogP contribution in [0.25, 0.3) is 11.4 Å². The number of nitrogens with two attached hydrogens (primary N) is 1. The molecule has 8 heteroatoms. The van der Waals surface area contributed by atoms with E-state index in [1.54, 1.807) is 19.2 Å². The molecule has 24 heavy (non-hydrogen) atoms. The van der Waals surface area contributed by atoms with Crippen molar-refractivity contribution in [2.45, 2.75) is 10.9 Å². The van der Waals surface area contributed by atoms with E-state index >= 15 is 0 Å². The van der Waals surface area contributed by atoms with E-state index in [-0.39, 0.29) is 5.82 Å². The lowest BCUT2D eigenvalue weighted by Crippen LogP contribution is -2.11. The van der Waals surface area contributed by atoms with E-state index in [0.717, 1.165) is 5.56 Å². The number of ether oxygens (including phenoxy) is 1. The Hall–Kier alpha value is -2.25. The number of rotatable bonds is 5. The van der Waals surface area contributed by atoms with Gasteiger partial charge in [-0.1, -0.05) is 41.6 Å². The second kappa shape index (κ2) is 7.11. The van der Waals surface area contributed by atoms with Gasteiger partial charge in [-0.05, 0) is 24.3 Å². The van der Waals surface area contributed by atoms with Gasteiger partial charge in [-0.25, -0.2) is 9.07 Å². The highest BCUT2D eigenvalue weighted by atomic mass is 35.5. The lowest BCUT2D eigenvalue weighted by molar-refractivity contribution is 0.415. The first kappa shape index (κ1) is 16.6. The van der Waals surface area contributed by atoms with Gasteiger partial charge in [0.25, 0.3) is 0 Å². The minimum atomic E-state index is -0.355. The first-order chi connectivity index (χ1) is 11.6. The second-order valence-electron chi connectivity index (χ2n) is 4.90. The van der Waals surface area contributed by atoms with Crippen molar-refractivity contribution in [1.29, 1.82) is 0 Å². The molecule has 0 bridgehead atoms. The molecule has 3 rings (SSSR count). The quantitative estimate of drug-likeness (QED) is 0.551. The van der Waals surface area contributed by atoms with Crippen LogP contribution in [0.1, 0.15) is 5.56 Å². The van der Waals surface area contributed by atoms with Gasteiger partial charge in [0.05, 0.1) is 7.11 Å². The van der Waals surface area contributed by atoms with Gasteiger partial charge >= 0.3 is 0 Å². The van der Waals surface area contributed by atoms with Crippen LogP contribution in [0.15, 0.2) is 47.6 Å². The van der Waals surface area contributed by atoms with E-state index in [2.05, 4.69) is 10.2 Å². The maximum absolute atomic E-state index is 13.8. The normalized spacial score (nSPS) is 10.8. The molecule has 0 radical (unpaired) electrons. The maximum Gasteiger partial charge on any atom is 0.210 e. The number of hydrogen-bond donors (Lipinski definition) is 1. The fraction of sp³-hybridized carbons (Fsp3) is 0.125. The molecule has 1 aromatic heterocycles. The molecule has 124 valence electrons. The predicted octanol–water partition coefficient (Wildman–Crippen LogP) is 3.75. The summed E-state index contributed by atoms with van der Waals surface area (Å²) in [5.74, 6) is 7.21. The third-order valence-corrected chi connectivity index (χ3v) is 4.72. The highest BCUT2D eigenvalue weighted by Crippen LogP contribution is 2.29. The summed E-state index contributed by atoms with van der Waals surface area (Å²) in [6, 6.07) is 11.9. The van der Waals surface area contributed by atoms with Crippen molar-refractivity contribution in [2.24, 2.45) is 0 Å². The van der Waals surface area contributed by atoms with E-state index in [9.17, 15) is 4.39 Å². The van der Waals surface area contributed by atoms with E-state index < -0.39 is 0 Å². The number of nitrogen functional groups attached to an aromatic ring is 1. The van der Waals surface area contributed by atoms with Crippen LogP contribution < -0.4 is 10.6 Å². The Bertz CT molecular complexity index is 851. The van der Waals surface area contributed by atoms with Crippen LogP contribution in [0.2, 0.25) is 5.02 Å². The van der Waals surface area contributed by atoms with Crippen LogP contribution in [0.3, 0.4) is 0 Å². The Kier molecular flexibility index (Phi) is 4.92. The molecule has 0 saturated carbocycles. The number of thioether (sulfide) groups is 1. The second-order valence-corrected chi connectivity index (χ2v) is 6.25. The molecule has 3 aromatic rings. The number of halogens is 2. The van der Waals surface area contributed by atoms with Crippen molar-refractivity contribution < 1.29 is 9.13 Å². The molecule has 0 aliphatic rings. The van der Waals surface area contributed by atoms with Crippen molar-refractivity contribution in [3.63, 3.8) is 0 Å². The average Bonchev–Trinajstić information content (AvgIpc) is 2.95. The molecule has 1 heterocycles. The van der Waals surface area contributed by atoms with Gasteiger partial charge in [0.1, 0.15) is 11.6 Å². The molecule has 0 fully saturated rings. The van der Waals surface area contributed by atoms with E-state index in [4.69, 9.17) is 22.2 Å². The summed E-state index contributed by atoms with van der Waals surface area (Å²) < 4.78 is 20.4. The van der Waals surface area contributed by atoms with Crippen LogP contribution in [0.5, 0.6) is 5.75 Å². The zero-order valence-electron chi connectivity index (χ0n) is 12.7. The van der Waals surface area contributed by atoms with Gasteiger partial charge in [-0.2, -0.15) is 0 Å². The van der Waals surface area contributed by atoms with E-state index in [0.29, 0.717) is 33.1 Å². The standard InChI is InChI=1S/C16H14ClFN4OS/c1-23-11-5-2-4-10(8-11)15-20-21-16(22(15)19)24-9-12-13(17)6-3-7-14(12)18/h2-8H,9,19H2,1H3. The summed E-state index contributed by atoms with van der Waals surface area (Å²) in [6.07, 6.45) is 0. The van der Waals surface area contributed by atoms with Gasteiger partial charge in [-0.3, -0.25) is 0 Å². The van der Waals surface area contributed by atoms with Crippen LogP contribution in [0, 0.1) is 5.82 Å². The van der Waals surface area contributed by atoms with Crippen molar-refractivity contribution in [1.82, 2.24) is 14.9 Å². The largest absolute Gasteiger partial charge is 0.497 e. The Morgan fingerprint density at radius 2 is 2.04 bits per heavy atom. The first-order valence-corrected chi connectivity index (χ1v) is 8.37. The molecule has 2 N–H and O–H groups in total. The summed E-state index contributed by atoms with van der Waals surface area (Å²) in [5.41, 5.74) is 1.19. The fourth-order valence-electron chi connectivity index (χ4n) is 2.14. The van der Waals surface area contributed by atoms with E-state index in [1.807, 2.05) is 24.3 Å². The molecule has 0 atom stereocenters.